The molecular formula is C87H113N23O5S. The van der Waals surface area contributed by atoms with Crippen LogP contribution in [0.1, 0.15) is 158 Å². The minimum atomic E-state index is -0.232. The van der Waals surface area contributed by atoms with Gasteiger partial charge in [0.05, 0.1) is 6.20 Å². The monoisotopic (exact) mass is 1590 g/mol. The molecule has 4 aromatic carbocycles. The Morgan fingerprint density at radius 3 is 1.38 bits per heavy atom. The molecule has 4 bridgehead atoms. The van der Waals surface area contributed by atoms with Gasteiger partial charge in [-0.2, -0.15) is 9.97 Å². The van der Waals surface area contributed by atoms with Crippen molar-refractivity contribution in [1.82, 2.24) is 95.7 Å². The highest BCUT2D eigenvalue weighted by atomic mass is 32.1. The Balaban J connectivity index is 0.000000121. The first kappa shape index (κ1) is 80.6. The van der Waals surface area contributed by atoms with Gasteiger partial charge in [0.25, 0.3) is 17.8 Å². The van der Waals surface area contributed by atoms with Crippen LogP contribution in [0.2, 0.25) is 0 Å². The molecule has 18 rings (SSSR count). The predicted octanol–water partition coefficient (Wildman–Crippen LogP) is 12.0. The fraction of sp³-hybridized carbons (Fsp3) is 0.483. The number of hydrogen-bond donors (Lipinski definition) is 8. The number of carbonyl (C=O) groups excluding carboxylic acids is 4. The van der Waals surface area contributed by atoms with Gasteiger partial charge in [0.15, 0.2) is 22.4 Å². The summed E-state index contributed by atoms with van der Waals surface area (Å²) >= 11 is 1.46. The zero-order chi connectivity index (χ0) is 81.1. The van der Waals surface area contributed by atoms with Crippen LogP contribution in [0.4, 0.5) is 23.0 Å². The molecular weight excluding hydrogens is 1480 g/mol. The molecule has 0 aliphatic carbocycles. The summed E-state index contributed by atoms with van der Waals surface area (Å²) < 4.78 is 5.80. The molecule has 6 aliphatic heterocycles. The lowest BCUT2D eigenvalue weighted by Gasteiger charge is -2.44. The topological polar surface area (TPSA) is 316 Å². The molecule has 2 amide bonds. The number of oxazole rings is 1. The number of H-pyrrole nitrogens is 6. The molecule has 12 aromatic rings. The van der Waals surface area contributed by atoms with Crippen LogP contribution in [0.5, 0.6) is 0 Å². The average Bonchev–Trinajstić information content (AvgIpc) is 1.65. The number of para-hydroxylation sites is 4. The summed E-state index contributed by atoms with van der Waals surface area (Å²) in [5, 5.41) is 35.3. The summed E-state index contributed by atoms with van der Waals surface area (Å²) in [5.74, 6) is 2.30. The first-order chi connectivity index (χ1) is 55.8. The molecule has 8 aromatic heterocycles. The van der Waals surface area contributed by atoms with Crippen LogP contribution in [0.25, 0.3) is 43.6 Å². The summed E-state index contributed by atoms with van der Waals surface area (Å²) in [5.41, 5.74) is 9.49. The molecule has 116 heavy (non-hydrogen) atoms. The molecule has 0 spiro atoms. The van der Waals surface area contributed by atoms with Gasteiger partial charge in [0, 0.05) is 194 Å². The highest BCUT2D eigenvalue weighted by Gasteiger charge is 2.41. The smallest absolute Gasteiger partial charge is 0.298 e. The number of aromatic nitrogens is 13. The summed E-state index contributed by atoms with van der Waals surface area (Å²) in [6.45, 7) is 26.1. The molecule has 29 heteroatoms. The van der Waals surface area contributed by atoms with Crippen molar-refractivity contribution in [3.8, 4) is 0 Å². The van der Waals surface area contributed by atoms with Crippen LogP contribution in [0.15, 0.2) is 132 Å². The van der Waals surface area contributed by atoms with E-state index in [1.807, 2.05) is 74.9 Å². The fourth-order valence-corrected chi connectivity index (χ4v) is 18.4. The number of amides is 2. The lowest BCUT2D eigenvalue weighted by atomic mass is 9.95. The van der Waals surface area contributed by atoms with E-state index in [0.717, 1.165) is 118 Å². The van der Waals surface area contributed by atoms with Gasteiger partial charge in [-0.1, -0.05) is 98.0 Å². The molecule has 14 heterocycles. The number of aromatic amines is 6. The van der Waals surface area contributed by atoms with Crippen LogP contribution < -0.4 is 30.2 Å². The van der Waals surface area contributed by atoms with Gasteiger partial charge < -0.3 is 54.6 Å². The number of nitrogens with one attached hydrogen (secondary N) is 8. The van der Waals surface area contributed by atoms with Crippen molar-refractivity contribution < 1.29 is 23.6 Å². The second kappa shape index (κ2) is 34.7. The number of ketones is 2. The third kappa shape index (κ3) is 18.3. The number of fused-ring (bicyclic) bond motifs is 8. The van der Waals surface area contributed by atoms with Gasteiger partial charge in [-0.25, -0.2) is 4.98 Å². The van der Waals surface area contributed by atoms with Crippen LogP contribution in [-0.4, -0.2) is 249 Å². The van der Waals surface area contributed by atoms with E-state index in [1.165, 1.54) is 87.0 Å². The molecule has 8 atom stereocenters. The number of nitrogens with zero attached hydrogens (tertiary/aromatic N) is 15. The maximum absolute atomic E-state index is 12.8. The van der Waals surface area contributed by atoms with Gasteiger partial charge in [0.2, 0.25) is 28.6 Å². The Hall–Kier alpha value is -10.6. The number of piperazine rings is 4. The second-order valence-corrected chi connectivity index (χ2v) is 35.5. The fourth-order valence-electron chi connectivity index (χ4n) is 17.6. The molecule has 0 saturated carbocycles. The molecule has 612 valence electrons. The largest absolute Gasteiger partial charge is 0.418 e. The van der Waals surface area contributed by atoms with Crippen molar-refractivity contribution in [2.24, 2.45) is 11.8 Å². The summed E-state index contributed by atoms with van der Waals surface area (Å²) in [6.07, 6.45) is 18.8. The summed E-state index contributed by atoms with van der Waals surface area (Å²) in [7, 11) is 8.69. The van der Waals surface area contributed by atoms with Crippen LogP contribution >= 0.6 is 11.3 Å². The van der Waals surface area contributed by atoms with Crippen molar-refractivity contribution >= 4 is 101 Å². The number of Topliss-reactive ketones (excluding diaryl/α,β-unsaturated/α-hetero) is 2. The Morgan fingerprint density at radius 2 is 0.897 bits per heavy atom. The van der Waals surface area contributed by atoms with Crippen molar-refractivity contribution in [3.05, 3.63) is 173 Å². The van der Waals surface area contributed by atoms with Gasteiger partial charge in [-0.3, -0.25) is 49.0 Å². The maximum Gasteiger partial charge on any atom is 0.298 e. The zero-order valence-electron chi connectivity index (χ0n) is 69.0. The van der Waals surface area contributed by atoms with E-state index in [9.17, 15) is 19.2 Å². The van der Waals surface area contributed by atoms with E-state index in [-0.39, 0.29) is 70.0 Å². The van der Waals surface area contributed by atoms with Gasteiger partial charge in [0.1, 0.15) is 0 Å². The quantitative estimate of drug-likeness (QED) is 0.0292. The van der Waals surface area contributed by atoms with Gasteiger partial charge in [-0.15, -0.1) is 20.4 Å². The third-order valence-electron chi connectivity index (χ3n) is 24.9. The van der Waals surface area contributed by atoms with Crippen molar-refractivity contribution in [3.63, 3.8) is 0 Å². The molecule has 0 radical (unpaired) electrons. The third-order valence-corrected chi connectivity index (χ3v) is 26.0. The Morgan fingerprint density at radius 1 is 0.491 bits per heavy atom. The SMILES string of the molecule is CC(CC(=O)c1nc(N2CCN(C)C(C)(C)C2)n[nH]1)Cc1c[nH]c2ccccc12.CC(CC(=O)c1nnc(N2CC3CCC(C2)N3C)s1)Cc1c[nH]c2ccccc12.CC(Cc1c[nH]c2ccccc12)NC(=O)c1cnc(N2CCN(C)C(C)(C)C2)o1.CC(Cc1c[nH]c2ccccc12)NC(=O)c1nc(N2CC3CCC(C2)N3C)n[nH]1. The van der Waals surface area contributed by atoms with Gasteiger partial charge in [-0.05, 0) is 179 Å². The first-order valence-electron chi connectivity index (χ1n) is 41.2. The van der Waals surface area contributed by atoms with Crippen LogP contribution in [0, 0.1) is 11.8 Å². The predicted molar refractivity (Wildman–Crippen MR) is 459 cm³/mol. The van der Waals surface area contributed by atoms with Crippen molar-refractivity contribution in [2.45, 2.75) is 167 Å². The Bertz CT molecular complexity index is 4750. The Labute approximate surface area is 681 Å². The van der Waals surface area contributed by atoms with Gasteiger partial charge >= 0.3 is 0 Å². The van der Waals surface area contributed by atoms with Crippen LogP contribution in [0.3, 0.4) is 0 Å². The van der Waals surface area contributed by atoms with E-state index in [0.29, 0.717) is 65.8 Å². The highest BCUT2D eigenvalue weighted by Crippen LogP contribution is 2.36. The maximum atomic E-state index is 12.8. The molecule has 8 N–H and O–H groups in total. The number of anilines is 4. The second-order valence-electron chi connectivity index (χ2n) is 34.6. The molecule has 6 aliphatic rings. The van der Waals surface area contributed by atoms with E-state index >= 15 is 0 Å². The molecule has 28 nitrogen and oxygen atoms in total. The summed E-state index contributed by atoms with van der Waals surface area (Å²) in [4.78, 5) is 95.8. The lowest BCUT2D eigenvalue weighted by Crippen LogP contribution is -2.58. The van der Waals surface area contributed by atoms with Crippen molar-refractivity contribution in [2.75, 3.05) is 113 Å². The standard InChI is InChI=1S/C22H30N6O.C22H29N5O2.C22H27N5OS.C21H27N7O/c1-15(11-16-13-23-18-8-6-5-7-17(16)18)12-19(29)20-24-21(26-25-20)28-10-9-27(4)22(2,3)14-28;1-15(11-16-12-23-18-8-6-5-7-17(16)18)25-20(28)19-13-24-21(29-19)27-10-9-26(4)22(2,3)14-27;1-14(9-15-11-23-19-6-4-3-5-18(15)19)10-20(28)21-24-25-22(29-21)27-12-16-7-8-17(13-27)26(16)2;1-13(9-14-10-22-18-6-4-3-5-17(14)18)23-20(29)19-24-21(26-25-19)28-11-15-7-8-16(12-28)27(15)2/h5-8,13,15,23H,9-12,14H2,1-4H3,(H,24,25,26);5-8,12-13,15,23H,9-11,14H2,1-4H3,(H,25,28);3-6,11,14,16-17,23H,7-10,12-13H2,1-2H3;3-6,10,13,15-16,22H,7-9,11-12H2,1-2H3,(H,23,29)(H,24,25,26). The highest BCUT2D eigenvalue weighted by molar-refractivity contribution is 7.17. The summed E-state index contributed by atoms with van der Waals surface area (Å²) in [6, 6.07) is 35.8. The zero-order valence-corrected chi connectivity index (χ0v) is 69.9. The average molecular weight is 1590 g/mol. The van der Waals surface area contributed by atoms with E-state index < -0.39 is 0 Å². The Kier molecular flexibility index (Phi) is 24.1. The lowest BCUT2D eigenvalue weighted by molar-refractivity contribution is 0.0907. The van der Waals surface area contributed by atoms with Crippen molar-refractivity contribution in [1.29, 1.82) is 0 Å². The van der Waals surface area contributed by atoms with Crippen LogP contribution in [-0.2, 0) is 25.7 Å². The number of carbonyl (C=O) groups is 4. The number of hydrogen-bond acceptors (Lipinski definition) is 21. The molecule has 8 unspecified atom stereocenters. The normalized spacial score (nSPS) is 20.6. The minimum Gasteiger partial charge on any atom is -0.418 e. The number of rotatable bonds is 22. The first-order valence-corrected chi connectivity index (χ1v) is 42.0. The minimum absolute atomic E-state index is 0.0180. The van der Waals surface area contributed by atoms with E-state index in [4.69, 9.17) is 4.42 Å². The molecule has 6 fully saturated rings. The van der Waals surface area contributed by atoms with E-state index in [2.05, 4.69) is 246 Å². The van der Waals surface area contributed by atoms with E-state index in [1.54, 1.807) is 0 Å². The molecule has 6 saturated heterocycles. The number of likely N-dealkylation sites (N-methyl/N-ethyl adjacent to an activating group) is 4. The number of benzene rings is 4.